The smallest absolute Gasteiger partial charge is 0.386 e. The minimum atomic E-state index is -4.00. The van der Waals surface area contributed by atoms with Crippen LogP contribution in [0.2, 0.25) is 0 Å². The maximum Gasteiger partial charge on any atom is 0.386 e. The van der Waals surface area contributed by atoms with Crippen LogP contribution >= 0.6 is 0 Å². The van der Waals surface area contributed by atoms with Crippen LogP contribution in [0.25, 0.3) is 60.6 Å². The monoisotopic (exact) mass is 1030 g/mol. The maximum absolute atomic E-state index is 11.2. The average molecular weight is 1030 g/mol. The molecule has 0 saturated heterocycles. The van der Waals surface area contributed by atoms with E-state index in [4.69, 9.17) is 0 Å². The van der Waals surface area contributed by atoms with Crippen molar-refractivity contribution in [3.05, 3.63) is 175 Å². The van der Waals surface area contributed by atoms with Crippen LogP contribution in [0.3, 0.4) is 0 Å². The third kappa shape index (κ3) is 14.2. The van der Waals surface area contributed by atoms with Gasteiger partial charge in [0.15, 0.2) is 5.78 Å². The van der Waals surface area contributed by atoms with E-state index in [1.54, 1.807) is 21.7 Å². The Balaban J connectivity index is 0.000000186. The molecule has 0 atom stereocenters. The van der Waals surface area contributed by atoms with Crippen molar-refractivity contribution in [1.29, 1.82) is 0 Å². The van der Waals surface area contributed by atoms with Gasteiger partial charge in [-0.3, -0.25) is 4.79 Å². The van der Waals surface area contributed by atoms with Gasteiger partial charge in [-0.1, -0.05) is 91.0 Å². The Hall–Kier alpha value is -6.70. The van der Waals surface area contributed by atoms with Crippen LogP contribution in [-0.4, -0.2) is 53.2 Å². The molecule has 0 amide bonds. The summed E-state index contributed by atoms with van der Waals surface area (Å²) in [5.41, 5.74) is 6.49. The zero-order chi connectivity index (χ0) is 44.2. The van der Waals surface area contributed by atoms with Crippen molar-refractivity contribution >= 4 is 55.0 Å². The molecular formula is C47H38F6IrN6O2-2. The molecule has 8 nitrogen and oxygen atoms in total. The summed E-state index contributed by atoms with van der Waals surface area (Å²) in [5.74, 6) is -0.0510. The van der Waals surface area contributed by atoms with Gasteiger partial charge in [-0.05, 0) is 55.1 Å². The normalized spacial score (nSPS) is 11.3. The number of rotatable bonds is 4. The number of hydrogen-bond acceptors (Lipinski definition) is 6. The molecule has 1 radical (unpaired) electrons. The van der Waals surface area contributed by atoms with Gasteiger partial charge in [-0.15, -0.1) is 33.7 Å². The number of ketones is 1. The van der Waals surface area contributed by atoms with Gasteiger partial charge in [0.05, 0.1) is 5.57 Å². The molecule has 0 aliphatic carbocycles. The molecule has 15 heteroatoms. The Morgan fingerprint density at radius 1 is 0.516 bits per heavy atom. The maximum atomic E-state index is 11.2. The second kappa shape index (κ2) is 21.7. The van der Waals surface area contributed by atoms with E-state index in [1.165, 1.54) is 13.8 Å². The average Bonchev–Trinajstić information content (AvgIpc) is 3.85. The first kappa shape index (κ1) is 48.0. The van der Waals surface area contributed by atoms with Crippen molar-refractivity contribution in [2.24, 2.45) is 0 Å². The van der Waals surface area contributed by atoms with E-state index >= 15 is 0 Å². The summed E-state index contributed by atoms with van der Waals surface area (Å²) in [4.78, 5) is 14.5. The molecule has 9 aromatic rings. The molecule has 7 aromatic carbocycles. The summed E-state index contributed by atoms with van der Waals surface area (Å²) < 4.78 is 62.1. The van der Waals surface area contributed by atoms with Crippen molar-refractivity contribution in [3.8, 4) is 11.4 Å². The second-order valence-electron chi connectivity index (χ2n) is 13.2. The minimum absolute atomic E-state index is 0. The number of allylic oxidation sites excluding steroid dienone is 2. The molecule has 0 aliphatic rings. The topological polar surface area (TPSA) is 98.7 Å². The van der Waals surface area contributed by atoms with Gasteiger partial charge in [0, 0.05) is 34.0 Å². The first-order valence-electron chi connectivity index (χ1n) is 18.5. The standard InChI is InChI=1S/2C16H10N3.C11H12O2.2C2H3F3.Ir/c2*1-2-8-13-12(6-1)7-5-11-16(13)19-17-14-9-3-4-10-15(14)18-19;1-8(12)11(9(2)13)10-6-4-3-5-7-10;2*1-2(3,4)5;/h2*1-10H;3-7,12H,1-2H3;2*1H3;/q2*-1;;;;. The predicted octanol–water partition coefficient (Wildman–Crippen LogP) is 12.4. The van der Waals surface area contributed by atoms with E-state index < -0.39 is 12.4 Å². The third-order valence-corrected chi connectivity index (χ3v) is 8.15. The van der Waals surface area contributed by atoms with Crippen molar-refractivity contribution in [2.75, 3.05) is 0 Å². The number of aliphatic hydroxyl groups excluding tert-OH is 1. The first-order chi connectivity index (χ1) is 29.0. The molecule has 0 spiro atoms. The van der Waals surface area contributed by atoms with Crippen molar-refractivity contribution in [3.63, 3.8) is 0 Å². The van der Waals surface area contributed by atoms with Crippen LogP contribution in [0.1, 0.15) is 33.3 Å². The Bertz CT molecular complexity index is 2640. The van der Waals surface area contributed by atoms with Gasteiger partial charge in [-0.2, -0.15) is 92.7 Å². The molecule has 0 aliphatic heterocycles. The number of nitrogens with zero attached hydrogens (tertiary/aromatic N) is 6. The third-order valence-electron chi connectivity index (χ3n) is 8.15. The number of aliphatic hydroxyl groups is 1. The molecule has 321 valence electrons. The molecule has 9 rings (SSSR count). The van der Waals surface area contributed by atoms with Crippen LogP contribution in [0.15, 0.2) is 157 Å². The fourth-order valence-electron chi connectivity index (χ4n) is 5.81. The number of carbonyl (C=O) groups excluding carboxylic acids is 1. The molecule has 0 bridgehead atoms. The Morgan fingerprint density at radius 2 is 0.823 bits per heavy atom. The van der Waals surface area contributed by atoms with Crippen LogP contribution in [0, 0.1) is 12.1 Å². The van der Waals surface area contributed by atoms with Gasteiger partial charge in [0.1, 0.15) is 27.8 Å². The zero-order valence-electron chi connectivity index (χ0n) is 33.6. The Morgan fingerprint density at radius 3 is 1.15 bits per heavy atom. The Labute approximate surface area is 366 Å². The fraction of sp³-hybridized carbons (Fsp3) is 0.128. The molecule has 1 N–H and O–H groups in total. The van der Waals surface area contributed by atoms with Gasteiger partial charge in [-0.25, -0.2) is 0 Å². The number of aromatic nitrogens is 6. The Kier molecular flexibility index (Phi) is 16.8. The summed E-state index contributed by atoms with van der Waals surface area (Å²) >= 11 is 0. The van der Waals surface area contributed by atoms with E-state index in [1.807, 2.05) is 115 Å². The van der Waals surface area contributed by atoms with E-state index in [9.17, 15) is 36.2 Å². The van der Waals surface area contributed by atoms with Crippen LogP contribution < -0.4 is 0 Å². The number of carbonyl (C=O) groups is 1. The molecule has 0 saturated carbocycles. The quantitative estimate of drug-likeness (QED) is 0.0816. The predicted molar refractivity (Wildman–Crippen MR) is 226 cm³/mol. The summed E-state index contributed by atoms with van der Waals surface area (Å²) in [5, 5.41) is 31.9. The molecule has 2 heterocycles. The van der Waals surface area contributed by atoms with Gasteiger partial charge in [0.2, 0.25) is 0 Å². The second-order valence-corrected chi connectivity index (χ2v) is 13.2. The fourth-order valence-corrected chi connectivity index (χ4v) is 5.81. The van der Waals surface area contributed by atoms with Crippen LogP contribution in [0.5, 0.6) is 0 Å². The van der Waals surface area contributed by atoms with E-state index in [0.29, 0.717) is 5.57 Å². The van der Waals surface area contributed by atoms with Gasteiger partial charge in [0.25, 0.3) is 0 Å². The number of fused-ring (bicyclic) bond motifs is 4. The van der Waals surface area contributed by atoms with Crippen molar-refractivity contribution in [2.45, 2.75) is 40.0 Å². The number of halogens is 6. The van der Waals surface area contributed by atoms with Crippen LogP contribution in [-0.2, 0) is 24.9 Å². The van der Waals surface area contributed by atoms with E-state index in [0.717, 1.165) is 60.5 Å². The first-order valence-corrected chi connectivity index (χ1v) is 18.5. The molecule has 0 unspecified atom stereocenters. The summed E-state index contributed by atoms with van der Waals surface area (Å²) in [6, 6.07) is 55.6. The largest absolute Gasteiger partial charge is 0.512 e. The van der Waals surface area contributed by atoms with E-state index in [2.05, 4.69) is 56.8 Å². The van der Waals surface area contributed by atoms with Gasteiger partial charge < -0.3 is 5.11 Å². The zero-order valence-corrected chi connectivity index (χ0v) is 36.0. The van der Waals surface area contributed by atoms with E-state index in [-0.39, 0.29) is 45.5 Å². The number of alkyl halides is 6. The van der Waals surface area contributed by atoms with Crippen LogP contribution in [0.4, 0.5) is 26.3 Å². The summed E-state index contributed by atoms with van der Waals surface area (Å²) in [6.07, 6.45) is -8.00. The SMILES string of the molecule is CC(=O)C(=C(C)O)c1ccccc1.CC(F)(F)F.CC(F)(F)F.[Ir].[c-]1ccc2ccccc2c1-n1nc2ccccc2n1.[c-]1ccc2ccccc2c1-n1nc2ccccc2n1. The molecule has 0 fully saturated rings. The minimum Gasteiger partial charge on any atom is -0.512 e. The number of hydrogen-bond donors (Lipinski definition) is 1. The summed E-state index contributed by atoms with van der Waals surface area (Å²) in [6.45, 7) is 3.34. The number of Topliss-reactive ketones (excluding diaryl/α,β-unsaturated/α-hetero) is 1. The molecule has 62 heavy (non-hydrogen) atoms. The van der Waals surface area contributed by atoms with Crippen molar-refractivity contribution < 1.29 is 56.3 Å². The van der Waals surface area contributed by atoms with Crippen molar-refractivity contribution in [1.82, 2.24) is 30.0 Å². The number of benzene rings is 7. The molecule has 2 aromatic heterocycles. The molecular weight excluding hydrogens is 987 g/mol. The summed E-state index contributed by atoms with van der Waals surface area (Å²) in [7, 11) is 0. The van der Waals surface area contributed by atoms with Gasteiger partial charge >= 0.3 is 12.4 Å².